The Morgan fingerprint density at radius 3 is 2.90 bits per heavy atom. The Balaban J connectivity index is 1.93. The minimum Gasteiger partial charge on any atom is -0.326 e. The van der Waals surface area contributed by atoms with Gasteiger partial charge >= 0.3 is 6.18 Å². The quantitative estimate of drug-likeness (QED) is 0.902. The zero-order chi connectivity index (χ0) is 14.6. The molecule has 1 atom stereocenters. The molecule has 20 heavy (non-hydrogen) atoms. The van der Waals surface area contributed by atoms with Gasteiger partial charge in [-0.3, -0.25) is 4.79 Å². The first kappa shape index (κ1) is 15.2. The third-order valence-corrected chi connectivity index (χ3v) is 4.03. The van der Waals surface area contributed by atoms with E-state index in [9.17, 15) is 18.0 Å². The Morgan fingerprint density at radius 2 is 2.25 bits per heavy atom. The number of thioether (sulfide) groups is 1. The average Bonchev–Trinajstić information content (AvgIpc) is 2.39. The zero-order valence-electron chi connectivity index (χ0n) is 10.7. The van der Waals surface area contributed by atoms with E-state index in [4.69, 9.17) is 0 Å². The number of nitrogens with one attached hydrogen (secondary N) is 2. The van der Waals surface area contributed by atoms with Crippen molar-refractivity contribution in [2.45, 2.75) is 18.6 Å². The molecule has 0 saturated carbocycles. The van der Waals surface area contributed by atoms with Crippen molar-refractivity contribution in [3.05, 3.63) is 29.8 Å². The maximum atomic E-state index is 12.6. The van der Waals surface area contributed by atoms with Crippen molar-refractivity contribution in [1.82, 2.24) is 5.32 Å². The Morgan fingerprint density at radius 1 is 1.45 bits per heavy atom. The predicted octanol–water partition coefficient (Wildman–Crippen LogP) is 2.74. The van der Waals surface area contributed by atoms with E-state index in [2.05, 4.69) is 10.6 Å². The lowest BCUT2D eigenvalue weighted by atomic mass is 10.1. The van der Waals surface area contributed by atoms with E-state index in [0.29, 0.717) is 0 Å². The maximum absolute atomic E-state index is 12.6. The number of halogens is 3. The van der Waals surface area contributed by atoms with Crippen LogP contribution in [0.5, 0.6) is 0 Å². The fraction of sp³-hybridized carbons (Fsp3) is 0.462. The molecule has 0 bridgehead atoms. The van der Waals surface area contributed by atoms with Crippen LogP contribution in [0.25, 0.3) is 0 Å². The van der Waals surface area contributed by atoms with Crippen LogP contribution in [0.3, 0.4) is 0 Å². The summed E-state index contributed by atoms with van der Waals surface area (Å²) >= 11 is 1.77. The van der Waals surface area contributed by atoms with Crippen LogP contribution in [0.4, 0.5) is 18.9 Å². The van der Waals surface area contributed by atoms with Crippen LogP contribution in [0.15, 0.2) is 24.3 Å². The van der Waals surface area contributed by atoms with Gasteiger partial charge in [-0.05, 0) is 18.2 Å². The van der Waals surface area contributed by atoms with Crippen LogP contribution >= 0.6 is 11.8 Å². The summed E-state index contributed by atoms with van der Waals surface area (Å²) < 4.78 is 37.7. The molecular formula is C13H15F3N2OS. The first-order chi connectivity index (χ1) is 9.45. The number of alkyl halides is 3. The van der Waals surface area contributed by atoms with Crippen molar-refractivity contribution in [1.29, 1.82) is 0 Å². The number of hydrogen-bond acceptors (Lipinski definition) is 3. The highest BCUT2D eigenvalue weighted by Crippen LogP contribution is 2.30. The second-order valence-electron chi connectivity index (χ2n) is 4.56. The second kappa shape index (κ2) is 6.49. The van der Waals surface area contributed by atoms with E-state index in [-0.39, 0.29) is 24.1 Å². The third kappa shape index (κ3) is 4.42. The van der Waals surface area contributed by atoms with Crippen molar-refractivity contribution in [3.63, 3.8) is 0 Å². The number of anilines is 1. The SMILES string of the molecule is O=C(CC1CSCCN1)Nc1cccc(C(F)(F)F)c1. The standard InChI is InChI=1S/C13H15F3N2OS/c14-13(15,16)9-2-1-3-10(6-9)18-12(19)7-11-8-20-5-4-17-11/h1-3,6,11,17H,4-5,7-8H2,(H,18,19). The van der Waals surface area contributed by atoms with Crippen molar-refractivity contribution >= 4 is 23.4 Å². The van der Waals surface area contributed by atoms with E-state index < -0.39 is 11.7 Å². The van der Waals surface area contributed by atoms with Gasteiger partial charge in [-0.2, -0.15) is 24.9 Å². The summed E-state index contributed by atoms with van der Waals surface area (Å²) in [6.07, 6.45) is -4.13. The van der Waals surface area contributed by atoms with Gasteiger partial charge in [0.15, 0.2) is 0 Å². The van der Waals surface area contributed by atoms with Crippen molar-refractivity contribution in [2.75, 3.05) is 23.4 Å². The van der Waals surface area contributed by atoms with Crippen LogP contribution in [0.1, 0.15) is 12.0 Å². The largest absolute Gasteiger partial charge is 0.416 e. The first-order valence-corrected chi connectivity index (χ1v) is 7.39. The van der Waals surface area contributed by atoms with Gasteiger partial charge in [0.25, 0.3) is 0 Å². The van der Waals surface area contributed by atoms with Gasteiger partial charge in [-0.25, -0.2) is 0 Å². The summed E-state index contributed by atoms with van der Waals surface area (Å²) in [6, 6.07) is 4.75. The summed E-state index contributed by atoms with van der Waals surface area (Å²) in [5, 5.41) is 5.72. The summed E-state index contributed by atoms with van der Waals surface area (Å²) in [5.74, 6) is 1.59. The van der Waals surface area contributed by atoms with E-state index >= 15 is 0 Å². The fourth-order valence-electron chi connectivity index (χ4n) is 1.96. The van der Waals surface area contributed by atoms with Crippen LogP contribution in [-0.2, 0) is 11.0 Å². The fourth-order valence-corrected chi connectivity index (χ4v) is 2.91. The number of amides is 1. The molecule has 1 amide bonds. The highest BCUT2D eigenvalue weighted by Gasteiger charge is 2.30. The van der Waals surface area contributed by atoms with Crippen LogP contribution in [0, 0.1) is 0 Å². The summed E-state index contributed by atoms with van der Waals surface area (Å²) in [5.41, 5.74) is -0.588. The van der Waals surface area contributed by atoms with Crippen LogP contribution < -0.4 is 10.6 Å². The monoisotopic (exact) mass is 304 g/mol. The Bertz CT molecular complexity index is 473. The average molecular weight is 304 g/mol. The lowest BCUT2D eigenvalue weighted by Crippen LogP contribution is -2.39. The van der Waals surface area contributed by atoms with Gasteiger partial charge in [-0.1, -0.05) is 6.07 Å². The Hall–Kier alpha value is -1.21. The van der Waals surface area contributed by atoms with Gasteiger partial charge in [-0.15, -0.1) is 0 Å². The number of carbonyl (C=O) groups is 1. The second-order valence-corrected chi connectivity index (χ2v) is 5.71. The van der Waals surface area contributed by atoms with Gasteiger partial charge in [0.2, 0.25) is 5.91 Å². The minimum atomic E-state index is -4.40. The Labute approximate surface area is 119 Å². The molecule has 2 rings (SSSR count). The van der Waals surface area contributed by atoms with Crippen LogP contribution in [0.2, 0.25) is 0 Å². The van der Waals surface area contributed by atoms with Gasteiger partial charge in [0.05, 0.1) is 5.56 Å². The van der Waals surface area contributed by atoms with Gasteiger partial charge in [0, 0.05) is 36.2 Å². The molecule has 3 nitrogen and oxygen atoms in total. The lowest BCUT2D eigenvalue weighted by Gasteiger charge is -2.22. The molecular weight excluding hydrogens is 289 g/mol. The van der Waals surface area contributed by atoms with E-state index in [1.807, 2.05) is 0 Å². The number of benzene rings is 1. The molecule has 2 N–H and O–H groups in total. The molecule has 1 aromatic carbocycles. The highest BCUT2D eigenvalue weighted by molar-refractivity contribution is 7.99. The molecule has 0 spiro atoms. The molecule has 7 heteroatoms. The highest BCUT2D eigenvalue weighted by atomic mass is 32.2. The smallest absolute Gasteiger partial charge is 0.326 e. The number of carbonyl (C=O) groups excluding carboxylic acids is 1. The zero-order valence-corrected chi connectivity index (χ0v) is 11.5. The number of hydrogen-bond donors (Lipinski definition) is 2. The molecule has 0 radical (unpaired) electrons. The van der Waals surface area contributed by atoms with E-state index in [1.165, 1.54) is 12.1 Å². The van der Waals surface area contributed by atoms with Gasteiger partial charge < -0.3 is 10.6 Å². The van der Waals surface area contributed by atoms with Crippen molar-refractivity contribution in [3.8, 4) is 0 Å². The molecule has 0 aliphatic carbocycles. The molecule has 1 aliphatic heterocycles. The normalized spacial score (nSPS) is 19.6. The first-order valence-electron chi connectivity index (χ1n) is 6.23. The molecule has 1 aromatic rings. The van der Waals surface area contributed by atoms with Crippen LogP contribution in [-0.4, -0.2) is 30.0 Å². The van der Waals surface area contributed by atoms with Crippen molar-refractivity contribution < 1.29 is 18.0 Å². The molecule has 1 fully saturated rings. The van der Waals surface area contributed by atoms with Crippen molar-refractivity contribution in [2.24, 2.45) is 0 Å². The topological polar surface area (TPSA) is 41.1 Å². The molecule has 1 heterocycles. The minimum absolute atomic E-state index is 0.0829. The third-order valence-electron chi connectivity index (χ3n) is 2.90. The summed E-state index contributed by atoms with van der Waals surface area (Å²) in [7, 11) is 0. The molecule has 1 aliphatic rings. The van der Waals surface area contributed by atoms with E-state index in [1.54, 1.807) is 11.8 Å². The molecule has 0 aromatic heterocycles. The molecule has 1 saturated heterocycles. The van der Waals surface area contributed by atoms with E-state index in [0.717, 1.165) is 30.2 Å². The van der Waals surface area contributed by atoms with Gasteiger partial charge in [0.1, 0.15) is 0 Å². The molecule has 1 unspecified atom stereocenters. The molecule has 110 valence electrons. The predicted molar refractivity (Wildman–Crippen MR) is 73.8 cm³/mol. The number of rotatable bonds is 3. The summed E-state index contributed by atoms with van der Waals surface area (Å²) in [6.45, 7) is 0.853. The Kier molecular flexibility index (Phi) is 4.93. The lowest BCUT2D eigenvalue weighted by molar-refractivity contribution is -0.137. The summed E-state index contributed by atoms with van der Waals surface area (Å²) in [4.78, 5) is 11.8. The maximum Gasteiger partial charge on any atom is 0.416 e.